The molecule has 0 aliphatic carbocycles. The fourth-order valence-electron chi connectivity index (χ4n) is 11.2. The predicted octanol–water partition coefficient (Wildman–Crippen LogP) is 19.6. The Hall–Kier alpha value is -1.81. The summed E-state index contributed by atoms with van der Waals surface area (Å²) in [6, 6.07) is 0. The van der Waals surface area contributed by atoms with Gasteiger partial charge in [-0.25, -0.2) is 9.67 Å². The van der Waals surface area contributed by atoms with E-state index in [0.29, 0.717) is 30.9 Å². The molecule has 0 spiro atoms. The summed E-state index contributed by atoms with van der Waals surface area (Å²) < 4.78 is 28.7. The maximum absolute atomic E-state index is 12.8. The fraction of sp³-hybridized carbons (Fsp3) is 0.922. The van der Waals surface area contributed by atoms with Gasteiger partial charge in [-0.2, -0.15) is 5.10 Å². The number of aromatic nitrogens is 4. The van der Waals surface area contributed by atoms with Crippen molar-refractivity contribution in [3.05, 3.63) is 22.9 Å². The number of fused-ring (bicyclic) bond motifs is 1. The molecule has 0 amide bonds. The molecule has 9 nitrogen and oxygen atoms in total. The molecule has 1 aliphatic rings. The smallest absolute Gasteiger partial charge is 0.261 e. The van der Waals surface area contributed by atoms with Gasteiger partial charge in [-0.15, -0.1) is 0 Å². The zero-order valence-corrected chi connectivity index (χ0v) is 48.6. The third-order valence-corrected chi connectivity index (χ3v) is 16.0. The van der Waals surface area contributed by atoms with Crippen molar-refractivity contribution in [2.24, 2.45) is 0 Å². The second-order valence-electron chi connectivity index (χ2n) is 22.8. The Morgan fingerprint density at radius 2 is 0.753 bits per heavy atom. The van der Waals surface area contributed by atoms with E-state index in [4.69, 9.17) is 18.9 Å². The van der Waals surface area contributed by atoms with Crippen molar-refractivity contribution in [1.82, 2.24) is 19.7 Å². The molecule has 3 heterocycles. The van der Waals surface area contributed by atoms with Gasteiger partial charge >= 0.3 is 0 Å². The minimum Gasteiger partial charge on any atom is -0.379 e. The van der Waals surface area contributed by atoms with Crippen LogP contribution in [0.4, 0.5) is 0 Å². The van der Waals surface area contributed by atoms with Crippen LogP contribution in [0.5, 0.6) is 0 Å². The lowest BCUT2D eigenvalue weighted by molar-refractivity contribution is -0.0831. The van der Waals surface area contributed by atoms with Crippen molar-refractivity contribution in [2.75, 3.05) is 26.4 Å². The number of ether oxygens (including phenoxy) is 4. The highest BCUT2D eigenvalue weighted by molar-refractivity contribution is 5.72. The average Bonchev–Trinajstić information content (AvgIpc) is 3.99. The second-order valence-corrected chi connectivity index (χ2v) is 22.8. The van der Waals surface area contributed by atoms with Crippen molar-refractivity contribution >= 4 is 11.0 Å². The molecule has 1 N–H and O–H groups in total. The summed E-state index contributed by atoms with van der Waals surface area (Å²) in [5, 5.41) is 5.14. The highest BCUT2D eigenvalue weighted by Crippen LogP contribution is 2.36. The number of hydrogen-bond acceptors (Lipinski definition) is 7. The van der Waals surface area contributed by atoms with Gasteiger partial charge in [0.15, 0.2) is 11.9 Å². The van der Waals surface area contributed by atoms with E-state index in [0.717, 1.165) is 32.3 Å². The van der Waals surface area contributed by atoms with Gasteiger partial charge in [0.1, 0.15) is 23.7 Å². The number of H-pyrrole nitrogens is 1. The Labute approximate surface area is 450 Å². The monoisotopic (exact) mass is 1020 g/mol. The van der Waals surface area contributed by atoms with Crippen LogP contribution in [-0.2, 0) is 18.9 Å². The zero-order valence-electron chi connectivity index (χ0n) is 48.6. The molecule has 0 radical (unpaired) electrons. The van der Waals surface area contributed by atoms with E-state index < -0.39 is 6.23 Å². The quantitative estimate of drug-likeness (QED) is 0.0659. The number of hydrogen-bond donors (Lipinski definition) is 1. The third-order valence-electron chi connectivity index (χ3n) is 16.0. The average molecular weight is 1030 g/mol. The summed E-state index contributed by atoms with van der Waals surface area (Å²) >= 11 is 0. The maximum Gasteiger partial charge on any atom is 0.261 e. The normalized spacial score (nSPS) is 17.0. The lowest BCUT2D eigenvalue weighted by atomic mass is 10.0. The van der Waals surface area contributed by atoms with E-state index in [9.17, 15) is 4.79 Å². The second kappa shape index (κ2) is 48.6. The van der Waals surface area contributed by atoms with E-state index in [2.05, 4.69) is 35.8 Å². The van der Waals surface area contributed by atoms with Crippen LogP contribution in [-0.4, -0.2) is 64.5 Å². The SMILES string of the molecule is CCCCCCCCCCCCCCCCCCOC[C@H]1O[C@@H](n2ncc3c(=O)[nH]cnc32)[C@H](OCCCCCCCCCCCCCCCCCC)[C@@H]1OCCCCCCCCCCCCCCCCCC. The van der Waals surface area contributed by atoms with Gasteiger partial charge in [-0.05, 0) is 19.3 Å². The number of aromatic amines is 1. The Morgan fingerprint density at radius 1 is 0.438 bits per heavy atom. The van der Waals surface area contributed by atoms with Crippen LogP contribution in [0, 0.1) is 0 Å². The van der Waals surface area contributed by atoms with Crippen molar-refractivity contribution in [3.63, 3.8) is 0 Å². The van der Waals surface area contributed by atoms with Crippen LogP contribution in [0.2, 0.25) is 0 Å². The number of nitrogens with one attached hydrogen (secondary N) is 1. The third kappa shape index (κ3) is 33.2. The first-order valence-corrected chi connectivity index (χ1v) is 32.6. The van der Waals surface area contributed by atoms with E-state index in [1.165, 1.54) is 289 Å². The van der Waals surface area contributed by atoms with Gasteiger partial charge in [0.2, 0.25) is 0 Å². The van der Waals surface area contributed by atoms with Gasteiger partial charge in [-0.1, -0.05) is 310 Å². The van der Waals surface area contributed by atoms with E-state index in [-0.39, 0.29) is 23.9 Å². The first-order valence-electron chi connectivity index (χ1n) is 32.6. The van der Waals surface area contributed by atoms with E-state index in [1.54, 1.807) is 10.9 Å². The molecule has 2 aromatic rings. The molecule has 9 heteroatoms. The largest absolute Gasteiger partial charge is 0.379 e. The summed E-state index contributed by atoms with van der Waals surface area (Å²) in [7, 11) is 0. The number of unbranched alkanes of at least 4 members (excludes halogenated alkanes) is 45. The molecular weight excluding hydrogens is 905 g/mol. The molecule has 0 unspecified atom stereocenters. The van der Waals surface area contributed by atoms with Crippen LogP contribution < -0.4 is 5.56 Å². The fourth-order valence-corrected chi connectivity index (χ4v) is 11.2. The highest BCUT2D eigenvalue weighted by Gasteiger charge is 2.48. The Kier molecular flexibility index (Phi) is 43.5. The molecule has 1 aliphatic heterocycles. The number of rotatable bonds is 56. The number of nitrogens with zero attached hydrogens (tertiary/aromatic N) is 3. The zero-order chi connectivity index (χ0) is 51.8. The van der Waals surface area contributed by atoms with Gasteiger partial charge in [0.25, 0.3) is 5.56 Å². The summed E-state index contributed by atoms with van der Waals surface area (Å²) in [5.74, 6) is 0. The molecular formula is C64H120N4O5. The van der Waals surface area contributed by atoms with Gasteiger partial charge < -0.3 is 23.9 Å². The molecule has 1 fully saturated rings. The van der Waals surface area contributed by atoms with Crippen LogP contribution in [0.3, 0.4) is 0 Å². The lowest BCUT2D eigenvalue weighted by Gasteiger charge is -2.25. The van der Waals surface area contributed by atoms with Gasteiger partial charge in [-0.3, -0.25) is 4.79 Å². The van der Waals surface area contributed by atoms with E-state index in [1.807, 2.05) is 0 Å². The maximum atomic E-state index is 12.8. The molecule has 3 rings (SSSR count). The molecule has 0 aromatic carbocycles. The Balaban J connectivity index is 1.43. The van der Waals surface area contributed by atoms with E-state index >= 15 is 0 Å². The van der Waals surface area contributed by atoms with Crippen molar-refractivity contribution in [3.8, 4) is 0 Å². The van der Waals surface area contributed by atoms with Crippen molar-refractivity contribution in [2.45, 2.75) is 354 Å². The topological polar surface area (TPSA) is 100 Å². The van der Waals surface area contributed by atoms with Crippen LogP contribution in [0.25, 0.3) is 11.0 Å². The molecule has 2 aromatic heterocycles. The van der Waals surface area contributed by atoms with Crippen LogP contribution in [0.15, 0.2) is 17.3 Å². The summed E-state index contributed by atoms with van der Waals surface area (Å²) in [6.07, 6.45) is 66.3. The molecule has 73 heavy (non-hydrogen) atoms. The summed E-state index contributed by atoms with van der Waals surface area (Å²) in [5.41, 5.74) is 0.311. The first-order chi connectivity index (χ1) is 36.2. The molecule has 0 saturated carbocycles. The standard InChI is InChI=1S/C64H120N4O5/c1-4-7-10-13-16-19-22-25-28-31-34-37-40-43-46-49-52-70-56-59-60(71-53-50-47-44-41-38-35-32-29-26-23-20-17-14-11-8-5-2)61(64(73-59)68-62-58(55-67-68)63(69)66-57-65-62)72-54-51-48-45-42-39-36-33-30-27-24-21-18-15-12-9-6-3/h55,57,59-61,64H,4-54,56H2,1-3H3,(H,65,66,69)/t59-,60-,61-,64-/m1/s1. The molecule has 1 saturated heterocycles. The van der Waals surface area contributed by atoms with Crippen molar-refractivity contribution < 1.29 is 18.9 Å². The molecule has 426 valence electrons. The van der Waals surface area contributed by atoms with Crippen molar-refractivity contribution in [1.29, 1.82) is 0 Å². The summed E-state index contributed by atoms with van der Waals surface area (Å²) in [6.45, 7) is 9.38. The molecule has 0 bridgehead atoms. The Bertz CT molecular complexity index is 1520. The van der Waals surface area contributed by atoms with Crippen LogP contribution in [0.1, 0.15) is 335 Å². The van der Waals surface area contributed by atoms with Crippen LogP contribution >= 0.6 is 0 Å². The summed E-state index contributed by atoms with van der Waals surface area (Å²) in [4.78, 5) is 20.0. The minimum absolute atomic E-state index is 0.199. The van der Waals surface area contributed by atoms with Gasteiger partial charge in [0, 0.05) is 19.8 Å². The lowest BCUT2D eigenvalue weighted by Crippen LogP contribution is -2.39. The Morgan fingerprint density at radius 3 is 1.11 bits per heavy atom. The van der Waals surface area contributed by atoms with Gasteiger partial charge in [0.05, 0.1) is 19.1 Å². The highest BCUT2D eigenvalue weighted by atomic mass is 16.6. The minimum atomic E-state index is -0.562. The predicted molar refractivity (Wildman–Crippen MR) is 311 cm³/mol. The first kappa shape index (κ1) is 65.5. The molecule has 4 atom stereocenters.